The van der Waals surface area contributed by atoms with Crippen LogP contribution >= 0.6 is 0 Å². The summed E-state index contributed by atoms with van der Waals surface area (Å²) in [6.45, 7) is 8.94. The summed E-state index contributed by atoms with van der Waals surface area (Å²) in [6, 6.07) is 9.04. The molecule has 2 unspecified atom stereocenters. The summed E-state index contributed by atoms with van der Waals surface area (Å²) < 4.78 is 0. The van der Waals surface area contributed by atoms with Crippen LogP contribution in [-0.2, 0) is 32.7 Å². The van der Waals surface area contributed by atoms with Gasteiger partial charge in [-0.2, -0.15) is 6.42 Å². The molecular weight excluding hydrogens is 389 g/mol. The van der Waals surface area contributed by atoms with Gasteiger partial charge in [-0.3, -0.25) is 0 Å². The second kappa shape index (κ2) is 7.95. The Labute approximate surface area is 183 Å². The van der Waals surface area contributed by atoms with Crippen molar-refractivity contribution in [2.24, 2.45) is 0 Å². The second-order valence-corrected chi connectivity index (χ2v) is 7.72. The molecule has 0 fully saturated rings. The van der Waals surface area contributed by atoms with E-state index in [-0.39, 0.29) is 32.7 Å². The third kappa shape index (κ3) is 3.43. The van der Waals surface area contributed by atoms with Gasteiger partial charge in [-0.1, -0.05) is 54.5 Å². The van der Waals surface area contributed by atoms with E-state index in [1.54, 1.807) is 5.56 Å². The van der Waals surface area contributed by atoms with E-state index in [0.29, 0.717) is 11.8 Å². The van der Waals surface area contributed by atoms with E-state index in [1.807, 2.05) is 0 Å². The van der Waals surface area contributed by atoms with Gasteiger partial charge >= 0.3 is 0 Å². The normalized spacial score (nSPS) is 19.4. The number of hydrogen-bond acceptors (Lipinski definition) is 0. The molecule has 0 nitrogen and oxygen atoms in total. The van der Waals surface area contributed by atoms with Gasteiger partial charge in [-0.05, 0) is 66.6 Å². The van der Waals surface area contributed by atoms with E-state index in [0.717, 1.165) is 6.42 Å². The molecule has 4 rings (SSSR count). The molecule has 2 atom stereocenters. The fourth-order valence-electron chi connectivity index (χ4n) is 4.58. The number of aryl methyl sites for hydroxylation is 4. The van der Waals surface area contributed by atoms with Crippen molar-refractivity contribution in [2.45, 2.75) is 52.4 Å². The molecule has 0 saturated carbocycles. The first-order valence-corrected chi connectivity index (χ1v) is 9.46. The number of rotatable bonds is 4. The van der Waals surface area contributed by atoms with Gasteiger partial charge in [-0.25, -0.2) is 0 Å². The van der Waals surface area contributed by atoms with Crippen LogP contribution in [0.1, 0.15) is 69.2 Å². The van der Waals surface area contributed by atoms with E-state index in [1.165, 1.54) is 45.4 Å². The third-order valence-corrected chi connectivity index (χ3v) is 6.01. The Morgan fingerprint density at radius 1 is 0.731 bits per heavy atom. The van der Waals surface area contributed by atoms with Gasteiger partial charge in [0.15, 0.2) is 0 Å². The van der Waals surface area contributed by atoms with Crippen molar-refractivity contribution in [2.75, 3.05) is 0 Å². The Hall–Kier alpha value is -0.976. The fraction of sp³-hybridized carbons (Fsp3) is 0.320. The maximum Gasteiger partial charge on any atom is 0.000571 e. The van der Waals surface area contributed by atoms with Crippen molar-refractivity contribution in [1.82, 2.24) is 0 Å². The van der Waals surface area contributed by atoms with Crippen LogP contribution in [0.25, 0.3) is 12.2 Å². The minimum absolute atomic E-state index is 0. The quantitative estimate of drug-likeness (QED) is 0.480. The summed E-state index contributed by atoms with van der Waals surface area (Å²) in [5.41, 5.74) is 11.6. The van der Waals surface area contributed by atoms with Crippen LogP contribution in [0.2, 0.25) is 0 Å². The summed E-state index contributed by atoms with van der Waals surface area (Å²) in [4.78, 5) is 0. The Morgan fingerprint density at radius 3 is 1.96 bits per heavy atom. The minimum Gasteiger partial charge on any atom is -0.317 e. The molecule has 0 N–H and O–H groups in total. The Balaban J connectivity index is 0.00000196. The van der Waals surface area contributed by atoms with E-state index in [2.05, 4.69) is 82.7 Å². The van der Waals surface area contributed by atoms with Crippen molar-refractivity contribution in [3.63, 3.8) is 0 Å². The molecule has 0 spiro atoms. The van der Waals surface area contributed by atoms with Crippen molar-refractivity contribution in [1.29, 1.82) is 0 Å². The van der Waals surface area contributed by atoms with Crippen molar-refractivity contribution in [3.8, 4) is 0 Å². The zero-order chi connectivity index (χ0) is 17.6. The van der Waals surface area contributed by atoms with Gasteiger partial charge in [0.1, 0.15) is 0 Å². The van der Waals surface area contributed by atoms with E-state index < -0.39 is 0 Å². The molecule has 131 valence electrons. The van der Waals surface area contributed by atoms with Crippen LogP contribution in [0.15, 0.2) is 36.4 Å². The Morgan fingerprint density at radius 2 is 1.27 bits per heavy atom. The first-order valence-electron chi connectivity index (χ1n) is 9.46. The molecule has 1 heteroatoms. The average molecular weight is 416 g/mol. The molecule has 0 saturated heterocycles. The van der Waals surface area contributed by atoms with Crippen molar-refractivity contribution >= 4 is 12.2 Å². The number of allylic oxidation sites excluding steroid dienone is 2. The zero-order valence-electron chi connectivity index (χ0n) is 16.3. The molecule has 0 aromatic heterocycles. The van der Waals surface area contributed by atoms with Crippen LogP contribution in [0.3, 0.4) is 0 Å². The molecule has 0 aliphatic heterocycles. The van der Waals surface area contributed by atoms with Gasteiger partial charge in [-0.15, -0.1) is 12.0 Å². The number of hydrogen-bond donors (Lipinski definition) is 0. The first kappa shape index (κ1) is 19.8. The van der Waals surface area contributed by atoms with E-state index >= 15 is 0 Å². The average Bonchev–Trinajstić information content (AvgIpc) is 3.21. The predicted octanol–water partition coefficient (Wildman–Crippen LogP) is 6.82. The summed E-state index contributed by atoms with van der Waals surface area (Å²) in [7, 11) is 0. The van der Waals surface area contributed by atoms with Gasteiger partial charge in [0.2, 0.25) is 0 Å². The van der Waals surface area contributed by atoms with E-state index in [4.69, 9.17) is 0 Å². The van der Waals surface area contributed by atoms with Gasteiger partial charge < -0.3 is 6.42 Å². The smallest absolute Gasteiger partial charge is 0.000571 e. The van der Waals surface area contributed by atoms with Crippen molar-refractivity contribution < 1.29 is 32.7 Å². The maximum atomic E-state index is 2.52. The minimum atomic E-state index is 0. The van der Waals surface area contributed by atoms with E-state index in [9.17, 15) is 0 Å². The fourth-order valence-corrected chi connectivity index (χ4v) is 4.58. The summed E-state index contributed by atoms with van der Waals surface area (Å²) in [6.07, 6.45) is 14.3. The Kier molecular flexibility index (Phi) is 6.05. The molecule has 26 heavy (non-hydrogen) atoms. The topological polar surface area (TPSA) is 0 Å². The van der Waals surface area contributed by atoms with Crippen LogP contribution < -0.4 is 0 Å². The SMILES string of the molecule is Cc1ccc(C)c2c1C=CC2[CH-]CCC1C=Cc2c(C)ccc(C)c21.[Y]. The molecular formula is C25H27Y-. The Bertz CT molecular complexity index is 812. The molecule has 0 amide bonds. The molecule has 1 radical (unpaired) electrons. The summed E-state index contributed by atoms with van der Waals surface area (Å²) in [5, 5.41) is 0. The summed E-state index contributed by atoms with van der Waals surface area (Å²) in [5.74, 6) is 1.06. The van der Waals surface area contributed by atoms with Gasteiger partial charge in [0.05, 0.1) is 0 Å². The van der Waals surface area contributed by atoms with Gasteiger partial charge in [0, 0.05) is 38.6 Å². The molecule has 2 aromatic rings. The zero-order valence-corrected chi connectivity index (χ0v) is 19.2. The number of fused-ring (bicyclic) bond motifs is 2. The molecule has 2 aromatic carbocycles. The first-order chi connectivity index (χ1) is 12.1. The standard InChI is InChI=1S/C25H27.Y/c1-16-8-10-18(3)24-20(12-14-22(16)24)6-5-7-21-13-15-23-17(2)9-11-19(4)25(21)23;/h6,8-15,20-21H,5,7H2,1-4H3;/q-1;. The number of benzene rings is 2. The molecule has 2 aliphatic rings. The van der Waals surface area contributed by atoms with Crippen molar-refractivity contribution in [3.05, 3.63) is 87.3 Å². The molecule has 0 bridgehead atoms. The van der Waals surface area contributed by atoms with Crippen LogP contribution in [0.4, 0.5) is 0 Å². The van der Waals surface area contributed by atoms with Crippen LogP contribution in [0, 0.1) is 34.1 Å². The predicted molar refractivity (Wildman–Crippen MR) is 109 cm³/mol. The summed E-state index contributed by atoms with van der Waals surface area (Å²) >= 11 is 0. The molecule has 2 aliphatic carbocycles. The molecule has 0 heterocycles. The second-order valence-electron chi connectivity index (χ2n) is 7.72. The largest absolute Gasteiger partial charge is 0.317 e. The van der Waals surface area contributed by atoms with Gasteiger partial charge in [0.25, 0.3) is 0 Å². The maximum absolute atomic E-state index is 2.52. The third-order valence-electron chi connectivity index (χ3n) is 6.01. The van der Waals surface area contributed by atoms with Crippen LogP contribution in [-0.4, -0.2) is 0 Å². The monoisotopic (exact) mass is 416 g/mol. The van der Waals surface area contributed by atoms with Crippen LogP contribution in [0.5, 0.6) is 0 Å².